The van der Waals surface area contributed by atoms with E-state index in [1.807, 2.05) is 0 Å². The molecule has 0 aromatic carbocycles. The molecule has 1 fully saturated rings. The molecule has 0 unspecified atom stereocenters. The van der Waals surface area contributed by atoms with E-state index < -0.39 is 54.6 Å². The van der Waals surface area contributed by atoms with Crippen molar-refractivity contribution in [3.8, 4) is 0 Å². The quantitative estimate of drug-likeness (QED) is 0.490. The number of ether oxygens (including phenoxy) is 5. The first kappa shape index (κ1) is 19.8. The van der Waals surface area contributed by atoms with Crippen molar-refractivity contribution >= 4 is 23.9 Å². The van der Waals surface area contributed by atoms with Gasteiger partial charge in [-0.3, -0.25) is 19.2 Å². The van der Waals surface area contributed by atoms with Gasteiger partial charge in [0.15, 0.2) is 24.6 Å². The van der Waals surface area contributed by atoms with Gasteiger partial charge < -0.3 is 28.8 Å². The Balaban J connectivity index is 3.11. The van der Waals surface area contributed by atoms with Gasteiger partial charge in [-0.15, -0.1) is 0 Å². The molecular weight excluding hydrogens is 328 g/mol. The van der Waals surface area contributed by atoms with E-state index >= 15 is 0 Å². The number of aliphatic hydroxyl groups is 1. The summed E-state index contributed by atoms with van der Waals surface area (Å²) < 4.78 is 25.0. The normalized spacial score (nSPS) is 29.3. The fourth-order valence-corrected chi connectivity index (χ4v) is 2.21. The molecule has 0 aromatic rings. The molecule has 0 saturated carbocycles. The minimum Gasteiger partial charge on any atom is -0.463 e. The van der Waals surface area contributed by atoms with E-state index in [9.17, 15) is 24.3 Å². The molecule has 1 aliphatic rings. The average Bonchev–Trinajstić information content (AvgIpc) is 2.42. The molecule has 5 atom stereocenters. The summed E-state index contributed by atoms with van der Waals surface area (Å²) in [5.41, 5.74) is 0. The summed E-state index contributed by atoms with van der Waals surface area (Å²) in [6, 6.07) is 0. The molecular formula is C14H20O10. The van der Waals surface area contributed by atoms with Crippen molar-refractivity contribution in [2.75, 3.05) is 6.61 Å². The van der Waals surface area contributed by atoms with Crippen LogP contribution in [0.2, 0.25) is 0 Å². The summed E-state index contributed by atoms with van der Waals surface area (Å²) in [4.78, 5) is 44.9. The highest BCUT2D eigenvalue weighted by molar-refractivity contribution is 5.68. The van der Waals surface area contributed by atoms with E-state index in [0.717, 1.165) is 27.7 Å². The molecule has 1 heterocycles. The molecule has 1 rings (SSSR count). The molecule has 0 radical (unpaired) electrons. The Kier molecular flexibility index (Phi) is 7.11. The van der Waals surface area contributed by atoms with Crippen LogP contribution < -0.4 is 0 Å². The van der Waals surface area contributed by atoms with Crippen LogP contribution in [-0.4, -0.2) is 66.3 Å². The van der Waals surface area contributed by atoms with Crippen molar-refractivity contribution in [2.45, 2.75) is 58.4 Å². The predicted molar refractivity (Wildman–Crippen MR) is 74.2 cm³/mol. The highest BCUT2D eigenvalue weighted by Crippen LogP contribution is 2.28. The molecule has 0 amide bonds. The predicted octanol–water partition coefficient (Wildman–Crippen LogP) is -0.938. The Morgan fingerprint density at radius 2 is 1.25 bits per heavy atom. The highest BCUT2D eigenvalue weighted by atomic mass is 16.7. The third-order valence-electron chi connectivity index (χ3n) is 2.97. The van der Waals surface area contributed by atoms with Gasteiger partial charge in [-0.1, -0.05) is 0 Å². The van der Waals surface area contributed by atoms with Crippen LogP contribution in [0.15, 0.2) is 0 Å². The van der Waals surface area contributed by atoms with Crippen LogP contribution in [0.4, 0.5) is 0 Å². The van der Waals surface area contributed by atoms with Crippen molar-refractivity contribution in [3.63, 3.8) is 0 Å². The molecule has 10 nitrogen and oxygen atoms in total. The summed E-state index contributed by atoms with van der Waals surface area (Å²) in [5.74, 6) is -2.87. The Morgan fingerprint density at radius 3 is 1.71 bits per heavy atom. The van der Waals surface area contributed by atoms with Gasteiger partial charge in [-0.2, -0.15) is 0 Å². The maximum atomic E-state index is 11.3. The SMILES string of the molecule is CC(=O)OC[C@@H]1O[C@@H](O)[C@@H](OC(C)=O)[C@H](OC(C)=O)[C@@H]1OC(C)=O. The number of carbonyl (C=O) groups is 4. The lowest BCUT2D eigenvalue weighted by Gasteiger charge is -2.42. The fraction of sp³-hybridized carbons (Fsp3) is 0.714. The maximum absolute atomic E-state index is 11.3. The van der Waals surface area contributed by atoms with Crippen LogP contribution >= 0.6 is 0 Å². The van der Waals surface area contributed by atoms with Crippen molar-refractivity contribution in [2.24, 2.45) is 0 Å². The lowest BCUT2D eigenvalue weighted by atomic mass is 9.98. The lowest BCUT2D eigenvalue weighted by Crippen LogP contribution is -2.62. The van der Waals surface area contributed by atoms with Gasteiger partial charge >= 0.3 is 23.9 Å². The summed E-state index contributed by atoms with van der Waals surface area (Å²) >= 11 is 0. The second-order valence-corrected chi connectivity index (χ2v) is 5.09. The summed E-state index contributed by atoms with van der Waals surface area (Å²) in [5, 5.41) is 10.0. The van der Waals surface area contributed by atoms with E-state index in [4.69, 9.17) is 23.7 Å². The van der Waals surface area contributed by atoms with Gasteiger partial charge in [-0.05, 0) is 0 Å². The molecule has 0 bridgehead atoms. The van der Waals surface area contributed by atoms with Gasteiger partial charge in [0.1, 0.15) is 12.7 Å². The van der Waals surface area contributed by atoms with Crippen molar-refractivity contribution < 1.29 is 48.0 Å². The molecule has 0 aromatic heterocycles. The van der Waals surface area contributed by atoms with Gasteiger partial charge in [0.25, 0.3) is 0 Å². The zero-order valence-corrected chi connectivity index (χ0v) is 13.7. The summed E-state index contributed by atoms with van der Waals surface area (Å²) in [6.45, 7) is 4.09. The summed E-state index contributed by atoms with van der Waals surface area (Å²) in [6.07, 6.45) is -6.79. The van der Waals surface area contributed by atoms with E-state index in [0.29, 0.717) is 0 Å². The van der Waals surface area contributed by atoms with Gasteiger partial charge in [-0.25, -0.2) is 0 Å². The molecule has 1 aliphatic heterocycles. The van der Waals surface area contributed by atoms with Crippen LogP contribution in [0.3, 0.4) is 0 Å². The molecule has 1 N–H and O–H groups in total. The maximum Gasteiger partial charge on any atom is 0.303 e. The van der Waals surface area contributed by atoms with Gasteiger partial charge in [0.05, 0.1) is 0 Å². The first-order valence-electron chi connectivity index (χ1n) is 7.10. The van der Waals surface area contributed by atoms with Gasteiger partial charge in [0.2, 0.25) is 0 Å². The van der Waals surface area contributed by atoms with Crippen molar-refractivity contribution in [1.29, 1.82) is 0 Å². The third-order valence-corrected chi connectivity index (χ3v) is 2.97. The minimum absolute atomic E-state index is 0.366. The highest BCUT2D eigenvalue weighted by Gasteiger charge is 2.51. The zero-order valence-electron chi connectivity index (χ0n) is 13.7. The Hall–Kier alpha value is -2.20. The van der Waals surface area contributed by atoms with Crippen LogP contribution in [0.25, 0.3) is 0 Å². The van der Waals surface area contributed by atoms with Gasteiger partial charge in [0, 0.05) is 27.7 Å². The van der Waals surface area contributed by atoms with Crippen molar-refractivity contribution in [1.82, 2.24) is 0 Å². The topological polar surface area (TPSA) is 135 Å². The van der Waals surface area contributed by atoms with Crippen molar-refractivity contribution in [3.05, 3.63) is 0 Å². The number of rotatable bonds is 5. The Morgan fingerprint density at radius 1 is 0.792 bits per heavy atom. The number of esters is 4. The number of hydrogen-bond donors (Lipinski definition) is 1. The van der Waals surface area contributed by atoms with E-state index in [1.165, 1.54) is 0 Å². The first-order valence-corrected chi connectivity index (χ1v) is 7.10. The Bertz CT molecular complexity index is 502. The van der Waals surface area contributed by atoms with Crippen LogP contribution in [-0.2, 0) is 42.9 Å². The number of aliphatic hydroxyl groups excluding tert-OH is 1. The molecule has 0 aliphatic carbocycles. The standard InChI is InChI=1S/C14H20O10/c1-6(15)20-5-10-11(21-7(2)16)12(22-8(3)17)13(14(19)24-10)23-9(4)18/h10-14,19H,5H2,1-4H3/t10-,11+,12+,13-,14+/m0/s1. The largest absolute Gasteiger partial charge is 0.463 e. The van der Waals surface area contributed by atoms with E-state index in [2.05, 4.69) is 0 Å². The number of carbonyl (C=O) groups excluding carboxylic acids is 4. The van der Waals surface area contributed by atoms with Crippen LogP contribution in [0.1, 0.15) is 27.7 Å². The molecule has 0 spiro atoms. The lowest BCUT2D eigenvalue weighted by molar-refractivity contribution is -0.296. The molecule has 10 heteroatoms. The van der Waals surface area contributed by atoms with Crippen LogP contribution in [0, 0.1) is 0 Å². The fourth-order valence-electron chi connectivity index (χ4n) is 2.21. The van der Waals surface area contributed by atoms with Crippen LogP contribution in [0.5, 0.6) is 0 Å². The number of hydrogen-bond acceptors (Lipinski definition) is 10. The smallest absolute Gasteiger partial charge is 0.303 e. The minimum atomic E-state index is -1.68. The monoisotopic (exact) mass is 348 g/mol. The third kappa shape index (κ3) is 5.78. The van der Waals surface area contributed by atoms with E-state index in [-0.39, 0.29) is 6.61 Å². The second-order valence-electron chi connectivity index (χ2n) is 5.09. The second kappa shape index (κ2) is 8.60. The molecule has 136 valence electrons. The average molecular weight is 348 g/mol. The van der Waals surface area contributed by atoms with E-state index in [1.54, 1.807) is 0 Å². The molecule has 24 heavy (non-hydrogen) atoms. The first-order chi connectivity index (χ1) is 11.1. The summed E-state index contributed by atoms with van der Waals surface area (Å²) in [7, 11) is 0. The zero-order chi connectivity index (χ0) is 18.4. The molecule has 1 saturated heterocycles. The Labute approximate surface area is 137 Å².